The van der Waals surface area contributed by atoms with Gasteiger partial charge in [-0.15, -0.1) is 0 Å². The highest BCUT2D eigenvalue weighted by atomic mass is 15.2. The first kappa shape index (κ1) is 19.0. The Labute approximate surface area is 158 Å². The van der Waals surface area contributed by atoms with Gasteiger partial charge >= 0.3 is 0 Å². The summed E-state index contributed by atoms with van der Waals surface area (Å²) in [5.41, 5.74) is 2.60. The Kier molecular flexibility index (Phi) is 6.78. The number of likely N-dealkylation sites (N-methyl/N-ethyl adjacent to an activating group) is 1. The van der Waals surface area contributed by atoms with Crippen molar-refractivity contribution in [1.82, 2.24) is 15.5 Å². The lowest BCUT2D eigenvalue weighted by molar-refractivity contribution is 0.314. The monoisotopic (exact) mass is 357 g/mol. The fraction of sp³-hybridized carbons (Fsp3) is 0.667. The van der Waals surface area contributed by atoms with E-state index in [2.05, 4.69) is 63.5 Å². The van der Waals surface area contributed by atoms with Crippen molar-refractivity contribution < 1.29 is 0 Å². The van der Waals surface area contributed by atoms with Crippen LogP contribution in [0.1, 0.15) is 31.7 Å². The molecular weight excluding hydrogens is 322 g/mol. The van der Waals surface area contributed by atoms with Crippen molar-refractivity contribution in [2.24, 2.45) is 10.9 Å². The van der Waals surface area contributed by atoms with Gasteiger partial charge in [0.25, 0.3) is 0 Å². The Hall–Kier alpha value is -1.75. The molecule has 2 N–H and O–H groups in total. The molecule has 3 rings (SSSR count). The van der Waals surface area contributed by atoms with E-state index in [-0.39, 0.29) is 0 Å². The number of aryl methyl sites for hydroxylation is 1. The first-order valence-corrected chi connectivity index (χ1v) is 10.2. The van der Waals surface area contributed by atoms with E-state index >= 15 is 0 Å². The standard InChI is InChI=1S/C21H35N5/c1-4-25(20-7-5-6-17(2)14-20)13-11-23-21(22-3)24-15-18-10-12-26(16-18)19-8-9-19/h5-7,14,18-19H,4,8-13,15-16H2,1-3H3,(H2,22,23,24). The molecule has 1 heterocycles. The van der Waals surface area contributed by atoms with Crippen LogP contribution in [0.5, 0.6) is 0 Å². The maximum Gasteiger partial charge on any atom is 0.191 e. The highest BCUT2D eigenvalue weighted by Crippen LogP contribution is 2.31. The lowest BCUT2D eigenvalue weighted by Crippen LogP contribution is -2.43. The van der Waals surface area contributed by atoms with E-state index < -0.39 is 0 Å². The minimum atomic E-state index is 0.758. The molecule has 1 aliphatic carbocycles. The number of nitrogens with one attached hydrogen (secondary N) is 2. The van der Waals surface area contributed by atoms with E-state index in [0.717, 1.165) is 44.1 Å². The molecule has 1 aliphatic heterocycles. The molecule has 1 saturated carbocycles. The van der Waals surface area contributed by atoms with Crippen LogP contribution in [0.15, 0.2) is 29.3 Å². The van der Waals surface area contributed by atoms with Crippen molar-refractivity contribution in [2.45, 2.75) is 39.2 Å². The maximum absolute atomic E-state index is 4.39. The van der Waals surface area contributed by atoms with E-state index in [1.54, 1.807) is 0 Å². The molecule has 1 atom stereocenters. The molecular formula is C21H35N5. The molecule has 1 aromatic carbocycles. The van der Waals surface area contributed by atoms with E-state index in [9.17, 15) is 0 Å². The lowest BCUT2D eigenvalue weighted by atomic mass is 10.1. The second kappa shape index (κ2) is 9.26. The van der Waals surface area contributed by atoms with Crippen molar-refractivity contribution in [3.05, 3.63) is 29.8 Å². The normalized spacial score (nSPS) is 21.0. The predicted octanol–water partition coefficient (Wildman–Crippen LogP) is 2.47. The fourth-order valence-electron chi connectivity index (χ4n) is 3.87. The Balaban J connectivity index is 1.38. The highest BCUT2D eigenvalue weighted by Gasteiger charge is 2.34. The van der Waals surface area contributed by atoms with Crippen LogP contribution in [0.3, 0.4) is 0 Å². The molecule has 5 nitrogen and oxygen atoms in total. The molecule has 0 spiro atoms. The number of hydrogen-bond donors (Lipinski definition) is 2. The Bertz CT molecular complexity index is 596. The number of rotatable bonds is 8. The quantitative estimate of drug-likeness (QED) is 0.554. The van der Waals surface area contributed by atoms with E-state index in [4.69, 9.17) is 0 Å². The number of likely N-dealkylation sites (tertiary alicyclic amines) is 1. The average molecular weight is 358 g/mol. The van der Waals surface area contributed by atoms with E-state index in [1.807, 2.05) is 7.05 Å². The molecule has 0 bridgehead atoms. The van der Waals surface area contributed by atoms with Crippen LogP contribution in [-0.4, -0.2) is 63.2 Å². The summed E-state index contributed by atoms with van der Waals surface area (Å²) in [6.45, 7) is 10.8. The molecule has 0 amide bonds. The molecule has 26 heavy (non-hydrogen) atoms. The molecule has 2 aliphatic rings. The first-order valence-electron chi connectivity index (χ1n) is 10.2. The van der Waals surface area contributed by atoms with Gasteiger partial charge in [0.1, 0.15) is 0 Å². The summed E-state index contributed by atoms with van der Waals surface area (Å²) in [4.78, 5) is 9.46. The lowest BCUT2D eigenvalue weighted by Gasteiger charge is -2.24. The van der Waals surface area contributed by atoms with Gasteiger partial charge in [-0.05, 0) is 63.3 Å². The third-order valence-electron chi connectivity index (χ3n) is 5.59. The molecule has 2 fully saturated rings. The second-order valence-electron chi connectivity index (χ2n) is 7.68. The van der Waals surface area contributed by atoms with E-state index in [1.165, 1.54) is 43.6 Å². The molecule has 1 saturated heterocycles. The summed E-state index contributed by atoms with van der Waals surface area (Å²) < 4.78 is 0. The van der Waals surface area contributed by atoms with Gasteiger partial charge in [-0.25, -0.2) is 0 Å². The van der Waals surface area contributed by atoms with Gasteiger partial charge < -0.3 is 20.4 Å². The number of anilines is 1. The van der Waals surface area contributed by atoms with Gasteiger partial charge in [0.2, 0.25) is 0 Å². The molecule has 0 radical (unpaired) electrons. The van der Waals surface area contributed by atoms with Gasteiger partial charge in [0.15, 0.2) is 5.96 Å². The second-order valence-corrected chi connectivity index (χ2v) is 7.68. The zero-order valence-corrected chi connectivity index (χ0v) is 16.7. The summed E-state index contributed by atoms with van der Waals surface area (Å²) in [5, 5.41) is 7.00. The Morgan fingerprint density at radius 1 is 1.27 bits per heavy atom. The summed E-state index contributed by atoms with van der Waals surface area (Å²) in [5.74, 6) is 1.68. The van der Waals surface area contributed by atoms with Crippen LogP contribution < -0.4 is 15.5 Å². The van der Waals surface area contributed by atoms with Gasteiger partial charge in [-0.1, -0.05) is 12.1 Å². The maximum atomic E-state index is 4.39. The van der Waals surface area contributed by atoms with Crippen LogP contribution in [0.2, 0.25) is 0 Å². The molecule has 5 heteroatoms. The van der Waals surface area contributed by atoms with Crippen LogP contribution in [0.25, 0.3) is 0 Å². The highest BCUT2D eigenvalue weighted by molar-refractivity contribution is 5.79. The van der Waals surface area contributed by atoms with Crippen molar-refractivity contribution >= 4 is 11.6 Å². The van der Waals surface area contributed by atoms with Gasteiger partial charge in [-0.3, -0.25) is 4.99 Å². The van der Waals surface area contributed by atoms with Gasteiger partial charge in [0, 0.05) is 51.5 Å². The number of nitrogens with zero attached hydrogens (tertiary/aromatic N) is 3. The minimum Gasteiger partial charge on any atom is -0.370 e. The number of hydrogen-bond acceptors (Lipinski definition) is 3. The van der Waals surface area contributed by atoms with Crippen LogP contribution in [0.4, 0.5) is 5.69 Å². The third kappa shape index (κ3) is 5.37. The fourth-order valence-corrected chi connectivity index (χ4v) is 3.87. The van der Waals surface area contributed by atoms with Crippen molar-refractivity contribution in [3.8, 4) is 0 Å². The number of benzene rings is 1. The predicted molar refractivity (Wildman–Crippen MR) is 111 cm³/mol. The SMILES string of the molecule is CCN(CCNC(=NC)NCC1CCN(C2CC2)C1)c1cccc(C)c1. The van der Waals surface area contributed by atoms with Crippen LogP contribution in [0, 0.1) is 12.8 Å². The first-order chi connectivity index (χ1) is 12.7. The average Bonchev–Trinajstić information content (AvgIpc) is 3.40. The largest absolute Gasteiger partial charge is 0.370 e. The van der Waals surface area contributed by atoms with Crippen molar-refractivity contribution in [1.29, 1.82) is 0 Å². The van der Waals surface area contributed by atoms with Gasteiger partial charge in [-0.2, -0.15) is 0 Å². The van der Waals surface area contributed by atoms with Crippen LogP contribution >= 0.6 is 0 Å². The van der Waals surface area contributed by atoms with Crippen molar-refractivity contribution in [2.75, 3.05) is 51.2 Å². The smallest absolute Gasteiger partial charge is 0.191 e. The zero-order chi connectivity index (χ0) is 18.4. The summed E-state index contributed by atoms with van der Waals surface area (Å²) in [6, 6.07) is 9.62. The van der Waals surface area contributed by atoms with E-state index in [0.29, 0.717) is 0 Å². The summed E-state index contributed by atoms with van der Waals surface area (Å²) >= 11 is 0. The molecule has 144 valence electrons. The van der Waals surface area contributed by atoms with Crippen molar-refractivity contribution in [3.63, 3.8) is 0 Å². The Morgan fingerprint density at radius 3 is 2.81 bits per heavy atom. The molecule has 1 aromatic rings. The zero-order valence-electron chi connectivity index (χ0n) is 16.7. The third-order valence-corrected chi connectivity index (χ3v) is 5.59. The minimum absolute atomic E-state index is 0.758. The summed E-state index contributed by atoms with van der Waals surface area (Å²) in [7, 11) is 1.86. The Morgan fingerprint density at radius 2 is 2.12 bits per heavy atom. The number of guanidine groups is 1. The van der Waals surface area contributed by atoms with Crippen LogP contribution in [-0.2, 0) is 0 Å². The number of aliphatic imine (C=N–C) groups is 1. The van der Waals surface area contributed by atoms with Gasteiger partial charge in [0.05, 0.1) is 0 Å². The summed E-state index contributed by atoms with van der Waals surface area (Å²) in [6.07, 6.45) is 4.15. The molecule has 0 aromatic heterocycles. The topological polar surface area (TPSA) is 42.9 Å². The molecule has 1 unspecified atom stereocenters.